The van der Waals surface area contributed by atoms with Gasteiger partial charge in [0.1, 0.15) is 12.7 Å². The maximum atomic E-state index is 10.0. The molecule has 0 aromatic rings. The molecule has 1 fully saturated rings. The van der Waals surface area contributed by atoms with Crippen molar-refractivity contribution in [1.29, 1.82) is 0 Å². The van der Waals surface area contributed by atoms with Gasteiger partial charge in [-0.2, -0.15) is 0 Å². The van der Waals surface area contributed by atoms with Gasteiger partial charge < -0.3 is 33.5 Å². The van der Waals surface area contributed by atoms with E-state index in [-0.39, 0.29) is 59.6 Å². The van der Waals surface area contributed by atoms with E-state index >= 15 is 0 Å². The Balaban J connectivity index is 0. The van der Waals surface area contributed by atoms with Gasteiger partial charge in [0, 0.05) is 0 Å². The van der Waals surface area contributed by atoms with E-state index in [1.165, 1.54) is 0 Å². The molecule has 0 aliphatic carbocycles. The zero-order chi connectivity index (χ0) is 5.28. The Morgan fingerprint density at radius 3 is 2.33 bits per heavy atom. The van der Waals surface area contributed by atoms with E-state index in [1.54, 1.807) is 6.92 Å². The minimum Gasteiger partial charge on any atom is -1.00 e. The summed E-state index contributed by atoms with van der Waals surface area (Å²) in [5, 5.41) is 0. The quantitative estimate of drug-likeness (QED) is 0.245. The molecule has 1 rings (SSSR count). The summed E-state index contributed by atoms with van der Waals surface area (Å²) in [6.45, 7) is 2.18. The molecule has 1 aliphatic heterocycles. The Morgan fingerprint density at radius 2 is 2.22 bits per heavy atom. The predicted molar refractivity (Wildman–Crippen MR) is 21.9 cm³/mol. The molecular formula is C4H6INaO3. The van der Waals surface area contributed by atoms with Crippen LogP contribution < -0.4 is 53.5 Å². The maximum absolute atomic E-state index is 10.0. The molecule has 0 radical (unpaired) electrons. The molecule has 5 heteroatoms. The smallest absolute Gasteiger partial charge is 1.00 e. The monoisotopic (exact) mass is 252 g/mol. The van der Waals surface area contributed by atoms with Crippen LogP contribution in [0.4, 0.5) is 4.79 Å². The van der Waals surface area contributed by atoms with Crippen molar-refractivity contribution in [2.24, 2.45) is 0 Å². The second kappa shape index (κ2) is 5.76. The van der Waals surface area contributed by atoms with Gasteiger partial charge in [-0.1, -0.05) is 0 Å². The molecule has 0 bridgehead atoms. The second-order valence-corrected chi connectivity index (χ2v) is 1.49. The van der Waals surface area contributed by atoms with Crippen molar-refractivity contribution in [1.82, 2.24) is 0 Å². The minimum atomic E-state index is -0.549. The largest absolute Gasteiger partial charge is 1.00 e. The molecule has 0 aromatic carbocycles. The molecule has 9 heavy (non-hydrogen) atoms. The average molecular weight is 252 g/mol. The first kappa shape index (κ1) is 12.7. The summed E-state index contributed by atoms with van der Waals surface area (Å²) in [6, 6.07) is 0. The van der Waals surface area contributed by atoms with E-state index in [0.717, 1.165) is 0 Å². The average Bonchev–Trinajstić information content (AvgIpc) is 1.87. The Hall–Kier alpha value is 1.00. The van der Waals surface area contributed by atoms with Crippen LogP contribution in [0.1, 0.15) is 6.92 Å². The van der Waals surface area contributed by atoms with Crippen LogP contribution in [0.2, 0.25) is 0 Å². The molecule has 0 saturated carbocycles. The van der Waals surface area contributed by atoms with E-state index < -0.39 is 6.16 Å². The Morgan fingerprint density at radius 1 is 1.67 bits per heavy atom. The minimum absolute atomic E-state index is 0. The zero-order valence-corrected chi connectivity index (χ0v) is 9.54. The van der Waals surface area contributed by atoms with Gasteiger partial charge >= 0.3 is 35.7 Å². The fourth-order valence-corrected chi connectivity index (χ4v) is 0.418. The summed E-state index contributed by atoms with van der Waals surface area (Å²) in [5.41, 5.74) is 0. The number of ether oxygens (including phenoxy) is 2. The van der Waals surface area contributed by atoms with Crippen molar-refractivity contribution in [3.8, 4) is 0 Å². The van der Waals surface area contributed by atoms with E-state index in [4.69, 9.17) is 0 Å². The first-order valence-corrected chi connectivity index (χ1v) is 2.12. The van der Waals surface area contributed by atoms with Crippen LogP contribution in [0.15, 0.2) is 0 Å². The molecule has 1 unspecified atom stereocenters. The number of rotatable bonds is 0. The number of cyclic esters (lactones) is 2. The molecule has 1 atom stereocenters. The predicted octanol–water partition coefficient (Wildman–Crippen LogP) is -5.45. The SMILES string of the molecule is CC1COC(=O)O1.[I-].[Na+]. The van der Waals surface area contributed by atoms with Crippen molar-refractivity contribution in [2.45, 2.75) is 13.0 Å². The summed E-state index contributed by atoms with van der Waals surface area (Å²) in [5.74, 6) is 0. The van der Waals surface area contributed by atoms with Gasteiger partial charge in [-0.3, -0.25) is 0 Å². The van der Waals surface area contributed by atoms with Gasteiger partial charge in [0.2, 0.25) is 0 Å². The van der Waals surface area contributed by atoms with Crippen molar-refractivity contribution in [2.75, 3.05) is 6.61 Å². The second-order valence-electron chi connectivity index (χ2n) is 1.49. The van der Waals surface area contributed by atoms with E-state index in [0.29, 0.717) is 6.61 Å². The molecule has 48 valence electrons. The topological polar surface area (TPSA) is 35.5 Å². The summed E-state index contributed by atoms with van der Waals surface area (Å²) in [7, 11) is 0. The number of halogens is 1. The normalized spacial score (nSPS) is 22.8. The molecule has 1 heterocycles. The molecule has 0 spiro atoms. The van der Waals surface area contributed by atoms with Crippen LogP contribution in [-0.2, 0) is 9.47 Å². The summed E-state index contributed by atoms with van der Waals surface area (Å²) >= 11 is 0. The third-order valence-electron chi connectivity index (χ3n) is 0.733. The van der Waals surface area contributed by atoms with Crippen LogP contribution in [-0.4, -0.2) is 18.9 Å². The Labute approximate surface area is 92.8 Å². The van der Waals surface area contributed by atoms with Crippen LogP contribution in [0.5, 0.6) is 0 Å². The molecule has 0 aromatic heterocycles. The molecule has 0 amide bonds. The molecule has 1 saturated heterocycles. The first-order chi connectivity index (χ1) is 3.29. The van der Waals surface area contributed by atoms with Crippen molar-refractivity contribution in [3.05, 3.63) is 0 Å². The van der Waals surface area contributed by atoms with Crippen molar-refractivity contribution < 1.29 is 67.8 Å². The fraction of sp³-hybridized carbons (Fsp3) is 0.750. The maximum Gasteiger partial charge on any atom is 1.00 e. The molecule has 1 aliphatic rings. The standard InChI is InChI=1S/C4H6O3.HI.Na/c1-3-2-6-4(5)7-3;;/h3H,2H2,1H3;1H;/q;;+1/p-1. The van der Waals surface area contributed by atoms with Crippen LogP contribution in [0, 0.1) is 0 Å². The summed E-state index contributed by atoms with van der Waals surface area (Å²) < 4.78 is 8.90. The molecule has 0 N–H and O–H groups in total. The van der Waals surface area contributed by atoms with Crippen LogP contribution in [0.3, 0.4) is 0 Å². The number of hydrogen-bond donors (Lipinski definition) is 0. The number of hydrogen-bond acceptors (Lipinski definition) is 3. The van der Waals surface area contributed by atoms with Crippen molar-refractivity contribution >= 4 is 6.16 Å². The molecule has 3 nitrogen and oxygen atoms in total. The third kappa shape index (κ3) is 4.41. The zero-order valence-electron chi connectivity index (χ0n) is 5.39. The van der Waals surface area contributed by atoms with Gasteiger partial charge in [0.05, 0.1) is 0 Å². The van der Waals surface area contributed by atoms with E-state index in [9.17, 15) is 4.79 Å². The summed E-state index contributed by atoms with van der Waals surface area (Å²) in [4.78, 5) is 10.0. The molecular weight excluding hydrogens is 246 g/mol. The van der Waals surface area contributed by atoms with Gasteiger partial charge in [0.15, 0.2) is 0 Å². The van der Waals surface area contributed by atoms with E-state index in [2.05, 4.69) is 9.47 Å². The first-order valence-electron chi connectivity index (χ1n) is 2.12. The van der Waals surface area contributed by atoms with Crippen LogP contribution >= 0.6 is 0 Å². The van der Waals surface area contributed by atoms with Gasteiger partial charge in [-0.25, -0.2) is 4.79 Å². The summed E-state index contributed by atoms with van der Waals surface area (Å²) in [6.07, 6.45) is -0.597. The Bertz CT molecular complexity index is 97.8. The van der Waals surface area contributed by atoms with Gasteiger partial charge in [0.25, 0.3) is 0 Å². The van der Waals surface area contributed by atoms with Crippen LogP contribution in [0.25, 0.3) is 0 Å². The van der Waals surface area contributed by atoms with Gasteiger partial charge in [-0.15, -0.1) is 0 Å². The van der Waals surface area contributed by atoms with Gasteiger partial charge in [-0.05, 0) is 6.92 Å². The number of carbonyl (C=O) groups is 1. The number of carbonyl (C=O) groups excluding carboxylic acids is 1. The van der Waals surface area contributed by atoms with Crippen molar-refractivity contribution in [3.63, 3.8) is 0 Å². The van der Waals surface area contributed by atoms with E-state index in [1.807, 2.05) is 0 Å². The third-order valence-corrected chi connectivity index (χ3v) is 0.733. The Kier molecular flexibility index (Phi) is 8.10. The fourth-order valence-electron chi connectivity index (χ4n) is 0.418.